The number of esters is 4. The van der Waals surface area contributed by atoms with E-state index in [1.807, 2.05) is 170 Å². The van der Waals surface area contributed by atoms with Crippen LogP contribution in [0.3, 0.4) is 0 Å². The molecule has 4 heterocycles. The Morgan fingerprint density at radius 1 is 0.267 bits per heavy atom. The molecular weight excluding hydrogens is 1480 g/mol. The van der Waals surface area contributed by atoms with Crippen molar-refractivity contribution < 1.29 is 47.6 Å². The predicted octanol–water partition coefficient (Wildman–Crippen LogP) is 22.3. The maximum absolute atomic E-state index is 15.5. The van der Waals surface area contributed by atoms with Crippen molar-refractivity contribution in [3.63, 3.8) is 0 Å². The highest BCUT2D eigenvalue weighted by molar-refractivity contribution is 7.01. The van der Waals surface area contributed by atoms with E-state index in [2.05, 4.69) is 173 Å². The number of rotatable bonds is 14. The highest BCUT2D eigenvalue weighted by atomic mass is 16.5. The first kappa shape index (κ1) is 78.9. The maximum Gasteiger partial charge on any atom is 0.338 e. The van der Waals surface area contributed by atoms with Crippen LogP contribution in [0, 0.1) is 0 Å². The molecule has 0 N–H and O–H groups in total. The van der Waals surface area contributed by atoms with E-state index in [0.29, 0.717) is 45.3 Å². The van der Waals surface area contributed by atoms with Gasteiger partial charge >= 0.3 is 23.9 Å². The van der Waals surface area contributed by atoms with Crippen molar-refractivity contribution in [2.75, 3.05) is 0 Å². The molecule has 14 aromatic rings. The van der Waals surface area contributed by atoms with Gasteiger partial charge in [0.2, 0.25) is 0 Å². The number of carbonyl (C=O) groups excluding carboxylic acids is 4. The molecule has 598 valence electrons. The molecule has 0 aromatic heterocycles. The van der Waals surface area contributed by atoms with Gasteiger partial charge in [-0.1, -0.05) is 305 Å². The lowest BCUT2D eigenvalue weighted by molar-refractivity contribution is 0.0463. The van der Waals surface area contributed by atoms with E-state index in [1.165, 1.54) is 33.4 Å². The van der Waals surface area contributed by atoms with Crippen molar-refractivity contribution in [1.29, 1.82) is 0 Å². The Balaban J connectivity index is 1.03. The second kappa shape index (κ2) is 28.7. The van der Waals surface area contributed by atoms with Gasteiger partial charge in [0.15, 0.2) is 0 Å². The number of fused-ring (bicyclic) bond motifs is 8. The summed E-state index contributed by atoms with van der Waals surface area (Å²) in [5.74, 6) is -0.207. The average molecular weight is 1580 g/mol. The second-order valence-electron chi connectivity index (χ2n) is 39.6. The highest BCUT2D eigenvalue weighted by Crippen LogP contribution is 2.56. The van der Waals surface area contributed by atoms with Crippen LogP contribution in [0.5, 0.6) is 23.0 Å². The number of hydrogen-bond donors (Lipinski definition) is 0. The van der Waals surface area contributed by atoms with Crippen molar-refractivity contribution in [2.24, 2.45) is 0 Å². The van der Waals surface area contributed by atoms with Gasteiger partial charge < -0.3 is 28.4 Å². The number of hydrogen-bond acceptors (Lipinski definition) is 10. The van der Waals surface area contributed by atoms with Crippen LogP contribution in [-0.2, 0) is 77.9 Å². The molecule has 0 bridgehead atoms. The zero-order valence-electron chi connectivity index (χ0n) is 72.0. The monoisotopic (exact) mass is 1580 g/mol. The minimum atomic E-state index is -0.551. The molecule has 4 aliphatic heterocycles. The van der Waals surface area contributed by atoms with Crippen molar-refractivity contribution in [1.82, 2.24) is 0 Å². The molecule has 18 rings (SSSR count). The topological polar surface area (TPSA) is 124 Å². The van der Waals surface area contributed by atoms with Crippen molar-refractivity contribution in [3.05, 3.63) is 308 Å². The molecule has 0 radical (unpaired) electrons. The Hall–Kier alpha value is -12.3. The third-order valence-electron chi connectivity index (χ3n) is 24.9. The Bertz CT molecular complexity index is 6130. The predicted molar refractivity (Wildman–Crippen MR) is 489 cm³/mol. The molecule has 0 saturated heterocycles. The van der Waals surface area contributed by atoms with Gasteiger partial charge in [-0.2, -0.15) is 0 Å². The van der Waals surface area contributed by atoms with E-state index in [9.17, 15) is 9.59 Å². The largest absolute Gasteiger partial charge is 0.458 e. The Kier molecular flexibility index (Phi) is 18.9. The van der Waals surface area contributed by atoms with Crippen LogP contribution < -0.4 is 42.3 Å². The van der Waals surface area contributed by atoms with Gasteiger partial charge in [0.1, 0.15) is 49.4 Å². The molecule has 14 aromatic carbocycles. The second-order valence-corrected chi connectivity index (χ2v) is 39.6. The molecule has 4 aliphatic rings. The third kappa shape index (κ3) is 13.8. The van der Waals surface area contributed by atoms with Crippen molar-refractivity contribution in [3.8, 4) is 67.5 Å². The molecule has 0 unspecified atom stereocenters. The number of carbonyl (C=O) groups is 4. The third-order valence-corrected chi connectivity index (χ3v) is 24.9. The van der Waals surface area contributed by atoms with E-state index in [1.54, 1.807) is 12.1 Å². The van der Waals surface area contributed by atoms with Gasteiger partial charge in [0, 0.05) is 0 Å². The normalized spacial score (nSPS) is 13.3. The van der Waals surface area contributed by atoms with Crippen LogP contribution in [0.4, 0.5) is 0 Å². The van der Waals surface area contributed by atoms with Gasteiger partial charge in [-0.05, 0) is 247 Å². The van der Waals surface area contributed by atoms with Gasteiger partial charge in [-0.3, -0.25) is 0 Å². The van der Waals surface area contributed by atoms with Crippen LogP contribution in [0.25, 0.3) is 76.8 Å². The van der Waals surface area contributed by atoms with Crippen LogP contribution in [0.15, 0.2) is 231 Å². The minimum absolute atomic E-state index is 0.0381. The van der Waals surface area contributed by atoms with Crippen LogP contribution in [0.1, 0.15) is 222 Å². The summed E-state index contributed by atoms with van der Waals surface area (Å²) < 4.78 is 39.7. The lowest BCUT2D eigenvalue weighted by atomic mass is 9.31. The first-order chi connectivity index (χ1) is 56.9. The summed E-state index contributed by atoms with van der Waals surface area (Å²) in [4.78, 5) is 60.2. The SMILES string of the molecule is CC(C)(C)c1cc(C(C)(C)C)c(-c2cc3c4c(cc5c(-c6c(C(C)(C)C)cc(C(C)(C)C)cc6C(C)(C)C)cc6c7c(cc2c4c57)B2c4ccc(C(=O)OCc5ccccc5)cc4Oc4cc(C(=O)OCc5ccccc5)cc-6c42)B2c4ccc(C(=O)OCc5ccccc5)cc4Oc4cc(C(=O)OCc5ccccc5)cc-3c42)c(C(C)(C)C)c1. The fourth-order valence-electron chi connectivity index (χ4n) is 18.8. The Morgan fingerprint density at radius 3 is 0.833 bits per heavy atom. The van der Waals surface area contributed by atoms with Gasteiger partial charge in [-0.15, -0.1) is 0 Å². The smallest absolute Gasteiger partial charge is 0.338 e. The molecule has 0 amide bonds. The van der Waals surface area contributed by atoms with Gasteiger partial charge in [0.05, 0.1) is 22.3 Å². The molecule has 120 heavy (non-hydrogen) atoms. The summed E-state index contributed by atoms with van der Waals surface area (Å²) in [6.07, 6.45) is 0. The summed E-state index contributed by atoms with van der Waals surface area (Å²) in [7, 11) is 0. The van der Waals surface area contributed by atoms with Crippen molar-refractivity contribution in [2.45, 2.75) is 184 Å². The zero-order valence-corrected chi connectivity index (χ0v) is 72.0. The minimum Gasteiger partial charge on any atom is -0.458 e. The molecule has 12 heteroatoms. The maximum atomic E-state index is 15.5. The molecule has 0 aliphatic carbocycles. The van der Waals surface area contributed by atoms with Crippen LogP contribution in [0.2, 0.25) is 0 Å². The lowest BCUT2D eigenvalue weighted by Crippen LogP contribution is -2.58. The van der Waals surface area contributed by atoms with E-state index < -0.39 is 59.0 Å². The fourth-order valence-corrected chi connectivity index (χ4v) is 18.8. The molecular formula is C108H100B2O10. The lowest BCUT2D eigenvalue weighted by Gasteiger charge is -2.39. The summed E-state index contributed by atoms with van der Waals surface area (Å²) in [5, 5.41) is 6.10. The Labute approximate surface area is 705 Å². The first-order valence-electron chi connectivity index (χ1n) is 42.0. The number of ether oxygens (including phenoxy) is 6. The highest BCUT2D eigenvalue weighted by Gasteiger charge is 2.47. The molecule has 0 spiro atoms. The molecule has 0 fully saturated rings. The summed E-state index contributed by atoms with van der Waals surface area (Å²) in [6, 6.07) is 77.7. The first-order valence-corrected chi connectivity index (χ1v) is 42.0. The standard InChI is InChI=1S/C108H100B2O10/c1-103(2,3)69-49-79(105(7,8)9)91(80(50-69)106(10,11)12)71-53-73-77-43-67(101(113)117-59-63-35-27-21-28-36-63)47-89-97(77)110(84-42-40-66(46-88(84)119-89)100(112)116-58-62-33-25-20-26-34-62)86-56-76-72(92-81(107(13,14)15)51-70(104(4,5)6)52-82(92)108(16,17)18)54-74-78-44-68(102(114)118-60-64-37-29-22-30-38-64)48-90-98(78)109(85-55-75(71)95(93(73)86)96(76)94(74)85)83-41-39-65(45-87(83)120-90)99(111)115-57-61-31-23-19-24-32-61/h19-56H,57-60H2,1-18H3. The summed E-state index contributed by atoms with van der Waals surface area (Å²) in [5.41, 5.74) is 22.8. The Morgan fingerprint density at radius 2 is 0.550 bits per heavy atom. The zero-order chi connectivity index (χ0) is 84.3. The quantitative estimate of drug-likeness (QED) is 0.0450. The molecule has 0 atom stereocenters. The average Bonchev–Trinajstić information content (AvgIpc) is 0.662. The van der Waals surface area contributed by atoms with Gasteiger partial charge in [0.25, 0.3) is 13.4 Å². The van der Waals surface area contributed by atoms with E-state index in [-0.39, 0.29) is 37.3 Å². The summed E-state index contributed by atoms with van der Waals surface area (Å²) in [6.45, 7) is 40.9. The van der Waals surface area contributed by atoms with Crippen LogP contribution >= 0.6 is 0 Å². The summed E-state index contributed by atoms with van der Waals surface area (Å²) >= 11 is 0. The van der Waals surface area contributed by atoms with E-state index in [0.717, 1.165) is 132 Å². The van der Waals surface area contributed by atoms with E-state index in [4.69, 9.17) is 28.4 Å². The molecule has 0 saturated carbocycles. The van der Waals surface area contributed by atoms with Gasteiger partial charge in [-0.25, -0.2) is 19.2 Å². The van der Waals surface area contributed by atoms with Crippen LogP contribution in [-0.4, -0.2) is 37.3 Å². The van der Waals surface area contributed by atoms with E-state index >= 15 is 9.59 Å². The fraction of sp³-hybridized carbons (Fsp3) is 0.259. The van der Waals surface area contributed by atoms with Crippen molar-refractivity contribution >= 4 is 102 Å². The number of benzene rings is 14. The molecule has 10 nitrogen and oxygen atoms in total.